The quantitative estimate of drug-likeness (QED) is 0.447. The molecule has 2 amide bonds. The van der Waals surface area contributed by atoms with Crippen molar-refractivity contribution in [1.82, 2.24) is 15.1 Å². The molecule has 3 N–H and O–H groups in total. The molecule has 34 heavy (non-hydrogen) atoms. The molecule has 0 aromatic heterocycles. The summed E-state index contributed by atoms with van der Waals surface area (Å²) in [5, 5.41) is 2.96. The number of piperazine rings is 1. The lowest BCUT2D eigenvalue weighted by molar-refractivity contribution is -0.137. The van der Waals surface area contributed by atoms with E-state index in [0.717, 1.165) is 57.0 Å². The monoisotopic (exact) mass is 500 g/mol. The van der Waals surface area contributed by atoms with Crippen LogP contribution < -0.4 is 15.0 Å². The molecule has 2 aliphatic rings. The third-order valence-corrected chi connectivity index (χ3v) is 5.45. The van der Waals surface area contributed by atoms with E-state index < -0.39 is 10.4 Å². The second kappa shape index (κ2) is 13.5. The number of ether oxygens (including phenoxy) is 1. The molecule has 11 nitrogen and oxygen atoms in total. The normalized spacial score (nSPS) is 17.3. The van der Waals surface area contributed by atoms with Crippen molar-refractivity contribution in [3.8, 4) is 5.75 Å². The molecule has 0 atom stereocenters. The second-order valence-electron chi connectivity index (χ2n) is 8.53. The van der Waals surface area contributed by atoms with Gasteiger partial charge in [-0.25, -0.2) is 0 Å². The SMILES string of the molecule is CC(C)Oc1ccccc1N1CCN(CCNC(=O)CN2CCCCC2=O)CC1.O=S(=O)(O)O. The Hall–Kier alpha value is -2.41. The zero-order valence-electron chi connectivity index (χ0n) is 19.9. The molecule has 0 radical (unpaired) electrons. The standard InChI is InChI=1S/C22H34N4O3.H2O4S/c1-18(2)29-20-8-4-3-7-19(20)25-15-13-24(14-16-25)12-10-23-21(27)17-26-11-6-5-9-22(26)28;1-5(2,3)4/h3-4,7-8,18H,5-6,9-17H2,1-2H3,(H,23,27);(H2,1,2,3,4). The first-order chi connectivity index (χ1) is 16.0. The van der Waals surface area contributed by atoms with E-state index in [-0.39, 0.29) is 24.5 Å². The Balaban J connectivity index is 0.000000739. The molecule has 1 aromatic carbocycles. The molecule has 0 spiro atoms. The molecule has 2 heterocycles. The largest absolute Gasteiger partial charge is 0.489 e. The highest BCUT2D eigenvalue weighted by molar-refractivity contribution is 7.79. The molecular formula is C22H36N4O7S. The van der Waals surface area contributed by atoms with E-state index in [9.17, 15) is 9.59 Å². The van der Waals surface area contributed by atoms with Gasteiger partial charge < -0.3 is 19.9 Å². The van der Waals surface area contributed by atoms with Gasteiger partial charge in [0.2, 0.25) is 11.8 Å². The van der Waals surface area contributed by atoms with Gasteiger partial charge in [0.1, 0.15) is 5.75 Å². The maximum Gasteiger partial charge on any atom is 0.394 e. The highest BCUT2D eigenvalue weighted by Crippen LogP contribution is 2.29. The summed E-state index contributed by atoms with van der Waals surface area (Å²) in [6.07, 6.45) is 2.66. The van der Waals surface area contributed by atoms with Crippen LogP contribution in [0, 0.1) is 0 Å². The van der Waals surface area contributed by atoms with Crippen LogP contribution in [0.3, 0.4) is 0 Å². The van der Waals surface area contributed by atoms with Crippen LogP contribution >= 0.6 is 0 Å². The minimum atomic E-state index is -4.67. The van der Waals surface area contributed by atoms with E-state index in [2.05, 4.69) is 27.2 Å². The number of hydrogen-bond donors (Lipinski definition) is 3. The van der Waals surface area contributed by atoms with Crippen LogP contribution in [0.4, 0.5) is 5.69 Å². The second-order valence-corrected chi connectivity index (χ2v) is 9.43. The van der Waals surface area contributed by atoms with Gasteiger partial charge in [-0.1, -0.05) is 12.1 Å². The average Bonchev–Trinajstić information content (AvgIpc) is 2.75. The maximum absolute atomic E-state index is 12.1. The molecule has 2 aliphatic heterocycles. The zero-order valence-corrected chi connectivity index (χ0v) is 20.7. The highest BCUT2D eigenvalue weighted by atomic mass is 32.3. The molecule has 12 heteroatoms. The summed E-state index contributed by atoms with van der Waals surface area (Å²) in [7, 11) is -4.67. The van der Waals surface area contributed by atoms with Crippen molar-refractivity contribution in [2.75, 3.05) is 57.3 Å². The molecule has 2 saturated heterocycles. The van der Waals surface area contributed by atoms with E-state index in [4.69, 9.17) is 22.3 Å². The number of carbonyl (C=O) groups excluding carboxylic acids is 2. The van der Waals surface area contributed by atoms with Crippen molar-refractivity contribution in [2.45, 2.75) is 39.2 Å². The first-order valence-corrected chi connectivity index (χ1v) is 12.9. The lowest BCUT2D eigenvalue weighted by Crippen LogP contribution is -2.49. The molecule has 0 saturated carbocycles. The van der Waals surface area contributed by atoms with Crippen molar-refractivity contribution in [2.24, 2.45) is 0 Å². The molecule has 0 aliphatic carbocycles. The molecule has 2 fully saturated rings. The third-order valence-electron chi connectivity index (χ3n) is 5.45. The summed E-state index contributed by atoms with van der Waals surface area (Å²) in [5.74, 6) is 0.985. The number of benzene rings is 1. The van der Waals surface area contributed by atoms with Crippen molar-refractivity contribution >= 4 is 27.9 Å². The van der Waals surface area contributed by atoms with Crippen LogP contribution in [-0.4, -0.2) is 97.6 Å². The van der Waals surface area contributed by atoms with Gasteiger partial charge in [0.15, 0.2) is 0 Å². The molecular weight excluding hydrogens is 464 g/mol. The fourth-order valence-electron chi connectivity index (χ4n) is 3.90. The van der Waals surface area contributed by atoms with Gasteiger partial charge in [-0.05, 0) is 38.8 Å². The van der Waals surface area contributed by atoms with Crippen LogP contribution in [0.5, 0.6) is 5.75 Å². The van der Waals surface area contributed by atoms with Crippen molar-refractivity contribution in [3.63, 3.8) is 0 Å². The first-order valence-electron chi connectivity index (χ1n) is 11.5. The Morgan fingerprint density at radius 1 is 1.09 bits per heavy atom. The van der Waals surface area contributed by atoms with Crippen LogP contribution in [0.1, 0.15) is 33.1 Å². The van der Waals surface area contributed by atoms with Crippen LogP contribution in [0.15, 0.2) is 24.3 Å². The molecule has 1 aromatic rings. The molecule has 0 unspecified atom stereocenters. The number of piperidine rings is 1. The first kappa shape index (κ1) is 27.8. The van der Waals surface area contributed by atoms with E-state index >= 15 is 0 Å². The molecule has 3 rings (SSSR count). The van der Waals surface area contributed by atoms with E-state index in [1.807, 2.05) is 26.0 Å². The van der Waals surface area contributed by atoms with E-state index in [0.29, 0.717) is 19.5 Å². The number of nitrogens with zero attached hydrogens (tertiary/aromatic N) is 3. The summed E-state index contributed by atoms with van der Waals surface area (Å²) in [5.41, 5.74) is 1.15. The number of rotatable bonds is 8. The highest BCUT2D eigenvalue weighted by Gasteiger charge is 2.22. The number of amides is 2. The summed E-state index contributed by atoms with van der Waals surface area (Å²) < 4.78 is 37.5. The molecule has 192 valence electrons. The summed E-state index contributed by atoms with van der Waals surface area (Å²) >= 11 is 0. The van der Waals surface area contributed by atoms with Gasteiger partial charge in [0.05, 0.1) is 18.3 Å². The number of nitrogens with one attached hydrogen (secondary N) is 1. The number of anilines is 1. The predicted octanol–water partition coefficient (Wildman–Crippen LogP) is 1.07. The van der Waals surface area contributed by atoms with Crippen molar-refractivity contribution < 1.29 is 31.8 Å². The van der Waals surface area contributed by atoms with E-state index in [1.165, 1.54) is 0 Å². The number of carbonyl (C=O) groups is 2. The smallest absolute Gasteiger partial charge is 0.394 e. The fourth-order valence-corrected chi connectivity index (χ4v) is 3.90. The topological polar surface area (TPSA) is 140 Å². The lowest BCUT2D eigenvalue weighted by Gasteiger charge is -2.37. The Morgan fingerprint density at radius 3 is 2.35 bits per heavy atom. The summed E-state index contributed by atoms with van der Waals surface area (Å²) in [6.45, 7) is 10.2. The minimum Gasteiger partial charge on any atom is -0.489 e. The van der Waals surface area contributed by atoms with Gasteiger partial charge in [-0.2, -0.15) is 8.42 Å². The van der Waals surface area contributed by atoms with Crippen molar-refractivity contribution in [3.05, 3.63) is 24.3 Å². The third kappa shape index (κ3) is 10.7. The Labute approximate surface area is 201 Å². The predicted molar refractivity (Wildman–Crippen MR) is 128 cm³/mol. The van der Waals surface area contributed by atoms with Gasteiger partial charge in [0.25, 0.3) is 0 Å². The average molecular weight is 501 g/mol. The lowest BCUT2D eigenvalue weighted by atomic mass is 10.1. The Bertz CT molecular complexity index is 894. The molecule has 0 bridgehead atoms. The summed E-state index contributed by atoms with van der Waals surface area (Å²) in [4.78, 5) is 30.3. The number of para-hydroxylation sites is 2. The van der Waals surface area contributed by atoms with E-state index in [1.54, 1.807) is 4.90 Å². The zero-order chi connectivity index (χ0) is 25.1. The number of likely N-dealkylation sites (tertiary alicyclic amines) is 1. The Morgan fingerprint density at radius 2 is 1.74 bits per heavy atom. The Kier molecular flexibility index (Phi) is 11.0. The van der Waals surface area contributed by atoms with Crippen molar-refractivity contribution in [1.29, 1.82) is 0 Å². The van der Waals surface area contributed by atoms with Gasteiger partial charge in [-0.3, -0.25) is 23.6 Å². The van der Waals surface area contributed by atoms with Crippen LogP contribution in [0.25, 0.3) is 0 Å². The minimum absolute atomic E-state index is 0.0568. The van der Waals surface area contributed by atoms with Crippen LogP contribution in [0.2, 0.25) is 0 Å². The maximum atomic E-state index is 12.1. The number of hydrogen-bond acceptors (Lipinski definition) is 7. The van der Waals surface area contributed by atoms with Crippen LogP contribution in [-0.2, 0) is 20.0 Å². The van der Waals surface area contributed by atoms with Gasteiger partial charge >= 0.3 is 10.4 Å². The summed E-state index contributed by atoms with van der Waals surface area (Å²) in [6, 6.07) is 8.22. The fraction of sp³-hybridized carbons (Fsp3) is 0.636. The van der Waals surface area contributed by atoms with Gasteiger partial charge in [-0.15, -0.1) is 0 Å². The van der Waals surface area contributed by atoms with Gasteiger partial charge in [0, 0.05) is 52.2 Å².